The van der Waals surface area contributed by atoms with E-state index in [0.717, 1.165) is 42.4 Å². The van der Waals surface area contributed by atoms with E-state index in [1.54, 1.807) is 6.20 Å². The lowest BCUT2D eigenvalue weighted by atomic mass is 10.2. The van der Waals surface area contributed by atoms with Crippen LogP contribution in [0.15, 0.2) is 24.4 Å². The molecule has 1 aromatic heterocycles. The van der Waals surface area contributed by atoms with Crippen LogP contribution < -0.4 is 0 Å². The number of carbonyl (C=O) groups is 2. The van der Waals surface area contributed by atoms with Crippen LogP contribution in [0.25, 0.3) is 10.9 Å². The zero-order chi connectivity index (χ0) is 16.2. The summed E-state index contributed by atoms with van der Waals surface area (Å²) >= 11 is 0. The number of nitrogens with zero attached hydrogens (tertiary/aromatic N) is 3. The molecule has 3 rings (SSSR count). The molecule has 0 atom stereocenters. The zero-order valence-corrected chi connectivity index (χ0v) is 13.6. The molecule has 2 aromatic rings. The fourth-order valence-electron chi connectivity index (χ4n) is 3.15. The largest absolute Gasteiger partial charge is 0.343 e. The first-order valence-electron chi connectivity index (χ1n) is 8.40. The van der Waals surface area contributed by atoms with Crippen molar-refractivity contribution in [3.63, 3.8) is 0 Å². The zero-order valence-electron chi connectivity index (χ0n) is 13.6. The van der Waals surface area contributed by atoms with Crippen molar-refractivity contribution in [1.82, 2.24) is 14.7 Å². The first kappa shape index (κ1) is 15.7. The Labute approximate surface area is 136 Å². The summed E-state index contributed by atoms with van der Waals surface area (Å²) in [6.07, 6.45) is 6.72. The van der Waals surface area contributed by atoms with E-state index in [9.17, 15) is 9.59 Å². The van der Waals surface area contributed by atoms with Crippen LogP contribution in [0.4, 0.5) is 0 Å². The van der Waals surface area contributed by atoms with E-state index in [1.807, 2.05) is 30.0 Å². The van der Waals surface area contributed by atoms with Crippen molar-refractivity contribution in [2.75, 3.05) is 13.1 Å². The van der Waals surface area contributed by atoms with Crippen LogP contribution in [0.1, 0.15) is 48.9 Å². The molecule has 1 fully saturated rings. The number of carbonyl (C=O) groups excluding carboxylic acids is 2. The number of aryl methyl sites for hydroxylation is 1. The number of rotatable bonds is 3. The quantitative estimate of drug-likeness (QED) is 0.874. The first-order chi connectivity index (χ1) is 11.1. The van der Waals surface area contributed by atoms with Gasteiger partial charge in [-0.05, 0) is 31.9 Å². The number of aromatic nitrogens is 2. The number of benzene rings is 1. The third-order valence-corrected chi connectivity index (χ3v) is 4.47. The van der Waals surface area contributed by atoms with Gasteiger partial charge in [-0.3, -0.25) is 9.59 Å². The maximum Gasteiger partial charge on any atom is 0.247 e. The van der Waals surface area contributed by atoms with E-state index < -0.39 is 0 Å². The number of amides is 1. The van der Waals surface area contributed by atoms with E-state index in [-0.39, 0.29) is 24.7 Å². The predicted molar refractivity (Wildman–Crippen MR) is 89.4 cm³/mol. The monoisotopic (exact) mass is 313 g/mol. The van der Waals surface area contributed by atoms with Crippen LogP contribution in [-0.2, 0) is 4.79 Å². The molecule has 0 saturated carbocycles. The highest BCUT2D eigenvalue weighted by Gasteiger charge is 2.18. The molecule has 23 heavy (non-hydrogen) atoms. The molecule has 1 amide bonds. The number of hydrogen-bond acceptors (Lipinski definition) is 3. The highest BCUT2D eigenvalue weighted by Crippen LogP contribution is 2.16. The standard InChI is InChI=1S/C18H23N3O2/c1-14-6-7-16-15(12-14)13-19-21(16)18(23)9-8-17(22)20-10-4-2-3-5-11-20/h6-7,12-13H,2-5,8-11H2,1H3. The Morgan fingerprint density at radius 2 is 1.74 bits per heavy atom. The van der Waals surface area contributed by atoms with Crippen molar-refractivity contribution in [3.05, 3.63) is 30.0 Å². The Morgan fingerprint density at radius 3 is 2.48 bits per heavy atom. The van der Waals surface area contributed by atoms with Crippen molar-refractivity contribution in [2.45, 2.75) is 45.4 Å². The third-order valence-electron chi connectivity index (χ3n) is 4.47. The fourth-order valence-corrected chi connectivity index (χ4v) is 3.15. The molecule has 1 saturated heterocycles. The van der Waals surface area contributed by atoms with Gasteiger partial charge in [-0.25, -0.2) is 4.68 Å². The van der Waals surface area contributed by atoms with E-state index in [4.69, 9.17) is 0 Å². The Bertz CT molecular complexity index is 712. The summed E-state index contributed by atoms with van der Waals surface area (Å²) < 4.78 is 1.42. The summed E-state index contributed by atoms with van der Waals surface area (Å²) in [7, 11) is 0. The van der Waals surface area contributed by atoms with Gasteiger partial charge in [0.15, 0.2) is 0 Å². The Morgan fingerprint density at radius 1 is 1.04 bits per heavy atom. The minimum atomic E-state index is -0.118. The Balaban J connectivity index is 1.63. The van der Waals surface area contributed by atoms with Crippen LogP contribution in [-0.4, -0.2) is 39.6 Å². The molecule has 0 bridgehead atoms. The van der Waals surface area contributed by atoms with Gasteiger partial charge in [0.05, 0.1) is 11.7 Å². The summed E-state index contributed by atoms with van der Waals surface area (Å²) in [6.45, 7) is 3.67. The lowest BCUT2D eigenvalue weighted by Gasteiger charge is -2.19. The maximum atomic E-state index is 12.4. The van der Waals surface area contributed by atoms with Gasteiger partial charge in [0.2, 0.25) is 11.8 Å². The predicted octanol–water partition coefficient (Wildman–Crippen LogP) is 3.17. The molecule has 1 aliphatic heterocycles. The van der Waals surface area contributed by atoms with Crippen molar-refractivity contribution in [2.24, 2.45) is 0 Å². The highest BCUT2D eigenvalue weighted by molar-refractivity contribution is 5.92. The molecule has 122 valence electrons. The number of likely N-dealkylation sites (tertiary alicyclic amines) is 1. The molecule has 0 N–H and O–H groups in total. The summed E-state index contributed by atoms with van der Waals surface area (Å²) in [5.74, 6) is -0.0282. The van der Waals surface area contributed by atoms with Gasteiger partial charge in [0.1, 0.15) is 0 Å². The van der Waals surface area contributed by atoms with Gasteiger partial charge in [-0.1, -0.05) is 24.5 Å². The molecule has 0 unspecified atom stereocenters. The van der Waals surface area contributed by atoms with Gasteiger partial charge in [0.25, 0.3) is 0 Å². The fraction of sp³-hybridized carbons (Fsp3) is 0.500. The first-order valence-corrected chi connectivity index (χ1v) is 8.40. The van der Waals surface area contributed by atoms with E-state index in [1.165, 1.54) is 17.5 Å². The topological polar surface area (TPSA) is 55.2 Å². The minimum Gasteiger partial charge on any atom is -0.343 e. The summed E-state index contributed by atoms with van der Waals surface area (Å²) in [5, 5.41) is 5.14. The molecule has 0 aliphatic carbocycles. The van der Waals surface area contributed by atoms with Crippen molar-refractivity contribution in [1.29, 1.82) is 0 Å². The second-order valence-electron chi connectivity index (χ2n) is 6.31. The summed E-state index contributed by atoms with van der Waals surface area (Å²) in [4.78, 5) is 26.6. The minimum absolute atomic E-state index is 0.0903. The van der Waals surface area contributed by atoms with Crippen molar-refractivity contribution >= 4 is 22.7 Å². The number of hydrogen-bond donors (Lipinski definition) is 0. The lowest BCUT2D eigenvalue weighted by molar-refractivity contribution is -0.131. The molecular formula is C18H23N3O2. The van der Waals surface area contributed by atoms with Gasteiger partial charge in [-0.15, -0.1) is 0 Å². The Kier molecular flexibility index (Phi) is 4.74. The van der Waals surface area contributed by atoms with Crippen LogP contribution in [0.2, 0.25) is 0 Å². The van der Waals surface area contributed by atoms with E-state index in [0.29, 0.717) is 0 Å². The van der Waals surface area contributed by atoms with Gasteiger partial charge < -0.3 is 4.90 Å². The summed E-state index contributed by atoms with van der Waals surface area (Å²) in [6, 6.07) is 5.89. The van der Waals surface area contributed by atoms with Crippen molar-refractivity contribution in [3.8, 4) is 0 Å². The number of fused-ring (bicyclic) bond motifs is 1. The summed E-state index contributed by atoms with van der Waals surface area (Å²) in [5.41, 5.74) is 1.95. The molecule has 5 nitrogen and oxygen atoms in total. The van der Waals surface area contributed by atoms with E-state index in [2.05, 4.69) is 5.10 Å². The van der Waals surface area contributed by atoms with Crippen molar-refractivity contribution < 1.29 is 9.59 Å². The van der Waals surface area contributed by atoms with E-state index >= 15 is 0 Å². The molecule has 0 radical (unpaired) electrons. The smallest absolute Gasteiger partial charge is 0.247 e. The van der Waals surface area contributed by atoms with Gasteiger partial charge >= 0.3 is 0 Å². The van der Waals surface area contributed by atoms with Crippen LogP contribution in [0.5, 0.6) is 0 Å². The van der Waals surface area contributed by atoms with Gasteiger partial charge in [-0.2, -0.15) is 5.10 Å². The molecule has 0 spiro atoms. The molecule has 1 aromatic carbocycles. The van der Waals surface area contributed by atoms with Gasteiger partial charge in [0, 0.05) is 31.3 Å². The average Bonchev–Trinajstić information content (AvgIpc) is 2.78. The van der Waals surface area contributed by atoms with Crippen LogP contribution in [0, 0.1) is 6.92 Å². The molecule has 1 aliphatic rings. The molecule has 5 heteroatoms. The Hall–Kier alpha value is -2.17. The van der Waals surface area contributed by atoms with Crippen LogP contribution >= 0.6 is 0 Å². The molecule has 2 heterocycles. The highest BCUT2D eigenvalue weighted by atomic mass is 16.2. The lowest BCUT2D eigenvalue weighted by Crippen LogP contribution is -2.32. The van der Waals surface area contributed by atoms with Crippen LogP contribution in [0.3, 0.4) is 0 Å². The second kappa shape index (κ2) is 6.94. The third kappa shape index (κ3) is 3.60. The second-order valence-corrected chi connectivity index (χ2v) is 6.31. The normalized spacial score (nSPS) is 15.6. The SMILES string of the molecule is Cc1ccc2c(cnn2C(=O)CCC(=O)N2CCCCCC2)c1. The maximum absolute atomic E-state index is 12.4. The molecular weight excluding hydrogens is 290 g/mol. The average molecular weight is 313 g/mol.